The molecule has 0 bridgehead atoms. The average molecular weight is 392 g/mol. The van der Waals surface area contributed by atoms with Gasteiger partial charge in [0.05, 0.1) is 18.1 Å². The van der Waals surface area contributed by atoms with Crippen LogP contribution in [0.5, 0.6) is 0 Å². The molecule has 0 spiro atoms. The zero-order valence-corrected chi connectivity index (χ0v) is 17.0. The molecule has 4 rings (SSSR count). The predicted molar refractivity (Wildman–Crippen MR) is 109 cm³/mol. The van der Waals surface area contributed by atoms with Crippen LogP contribution in [-0.4, -0.2) is 64.0 Å². The average Bonchev–Trinajstić information content (AvgIpc) is 3.36. The first-order valence-electron chi connectivity index (χ1n) is 9.28. The Morgan fingerprint density at radius 2 is 2.00 bits per heavy atom. The number of carbonyl (C=O) groups is 1. The summed E-state index contributed by atoms with van der Waals surface area (Å²) in [6, 6.07) is 2.84. The lowest BCUT2D eigenvalue weighted by atomic mass is 10.2. The highest BCUT2D eigenvalue weighted by atomic mass is 32.2. The van der Waals surface area contributed by atoms with Gasteiger partial charge in [-0.1, -0.05) is 24.0 Å². The molecule has 1 aromatic heterocycles. The fourth-order valence-electron chi connectivity index (χ4n) is 3.74. The van der Waals surface area contributed by atoms with Gasteiger partial charge in [0.15, 0.2) is 0 Å². The highest BCUT2D eigenvalue weighted by molar-refractivity contribution is 8.26. The molecule has 0 N–H and O–H groups in total. The van der Waals surface area contributed by atoms with E-state index in [0.29, 0.717) is 16.9 Å². The largest absolute Gasteiger partial charge is 0.379 e. The number of thioether (sulfide) groups is 1. The van der Waals surface area contributed by atoms with Crippen molar-refractivity contribution < 1.29 is 9.53 Å². The van der Waals surface area contributed by atoms with Gasteiger partial charge >= 0.3 is 0 Å². The van der Waals surface area contributed by atoms with Crippen molar-refractivity contribution in [3.05, 3.63) is 27.9 Å². The van der Waals surface area contributed by atoms with E-state index in [0.717, 1.165) is 43.3 Å². The van der Waals surface area contributed by atoms with Crippen molar-refractivity contribution in [3.8, 4) is 0 Å². The summed E-state index contributed by atoms with van der Waals surface area (Å²) in [5.74, 6) is 0.0458. The molecule has 1 aromatic rings. The van der Waals surface area contributed by atoms with E-state index in [9.17, 15) is 4.79 Å². The zero-order valence-electron chi connectivity index (χ0n) is 15.4. The molecule has 0 aromatic carbocycles. The summed E-state index contributed by atoms with van der Waals surface area (Å²) in [5, 5.41) is 0. The summed E-state index contributed by atoms with van der Waals surface area (Å²) in [7, 11) is 0. The number of hydrogen-bond donors (Lipinski definition) is 0. The van der Waals surface area contributed by atoms with E-state index >= 15 is 0 Å². The minimum Gasteiger partial charge on any atom is -0.379 e. The summed E-state index contributed by atoms with van der Waals surface area (Å²) in [6.45, 7) is 9.20. The number of aromatic nitrogens is 1. The van der Waals surface area contributed by atoms with Gasteiger partial charge < -0.3 is 9.30 Å². The summed E-state index contributed by atoms with van der Waals surface area (Å²) in [6.07, 6.45) is 4.55. The number of amides is 1. The highest BCUT2D eigenvalue weighted by Gasteiger charge is 2.33. The molecule has 0 radical (unpaired) electrons. The Balaban J connectivity index is 1.46. The first-order chi connectivity index (χ1) is 12.5. The third-order valence-corrected chi connectivity index (χ3v) is 6.72. The smallest absolute Gasteiger partial charge is 0.266 e. The molecule has 3 fully saturated rings. The van der Waals surface area contributed by atoms with Crippen molar-refractivity contribution in [1.29, 1.82) is 0 Å². The van der Waals surface area contributed by atoms with E-state index in [2.05, 4.69) is 29.4 Å². The fourth-order valence-corrected chi connectivity index (χ4v) is 5.04. The molecule has 0 atom stereocenters. The van der Waals surface area contributed by atoms with Crippen LogP contribution in [0, 0.1) is 13.8 Å². The quantitative estimate of drug-likeness (QED) is 0.570. The molecular formula is C19H25N3O2S2. The molecule has 0 unspecified atom stereocenters. The lowest BCUT2D eigenvalue weighted by Gasteiger charge is -2.28. The Kier molecular flexibility index (Phi) is 5.23. The second-order valence-electron chi connectivity index (χ2n) is 7.22. The van der Waals surface area contributed by atoms with Gasteiger partial charge in [-0.05, 0) is 44.4 Å². The second-order valence-corrected chi connectivity index (χ2v) is 8.89. The van der Waals surface area contributed by atoms with Gasteiger partial charge in [0.25, 0.3) is 5.91 Å². The Labute approximate surface area is 164 Å². The molecule has 2 saturated heterocycles. The number of morpholine rings is 1. The number of thiocarbonyl (C=S) groups is 1. The Morgan fingerprint density at radius 1 is 1.27 bits per heavy atom. The molecule has 1 aliphatic carbocycles. The number of hydrogen-bond acceptors (Lipinski definition) is 5. The first-order valence-corrected chi connectivity index (χ1v) is 10.5. The van der Waals surface area contributed by atoms with Crippen LogP contribution >= 0.6 is 24.0 Å². The molecule has 26 heavy (non-hydrogen) atoms. The maximum Gasteiger partial charge on any atom is 0.266 e. The van der Waals surface area contributed by atoms with Crippen molar-refractivity contribution in [2.24, 2.45) is 0 Å². The Morgan fingerprint density at radius 3 is 2.69 bits per heavy atom. The van der Waals surface area contributed by atoms with Crippen LogP contribution < -0.4 is 0 Å². The van der Waals surface area contributed by atoms with Gasteiger partial charge in [-0.25, -0.2) is 0 Å². The lowest BCUT2D eigenvalue weighted by molar-refractivity contribution is -0.122. The summed E-state index contributed by atoms with van der Waals surface area (Å²) in [5.41, 5.74) is 3.67. The topological polar surface area (TPSA) is 37.7 Å². The fraction of sp³-hybridized carbons (Fsp3) is 0.579. The van der Waals surface area contributed by atoms with Gasteiger partial charge in [-0.3, -0.25) is 14.6 Å². The molecule has 2 aliphatic heterocycles. The zero-order chi connectivity index (χ0) is 18.3. The molecule has 1 amide bonds. The minimum atomic E-state index is 0.0458. The normalized spacial score (nSPS) is 23.5. The third-order valence-electron chi connectivity index (χ3n) is 5.34. The van der Waals surface area contributed by atoms with E-state index in [-0.39, 0.29) is 5.91 Å². The summed E-state index contributed by atoms with van der Waals surface area (Å²) in [4.78, 5) is 17.7. The Hall–Kier alpha value is -1.15. The van der Waals surface area contributed by atoms with Gasteiger partial charge in [0.2, 0.25) is 0 Å². The molecule has 140 valence electrons. The van der Waals surface area contributed by atoms with Crippen LogP contribution in [0.25, 0.3) is 6.08 Å². The van der Waals surface area contributed by atoms with Crippen molar-refractivity contribution in [2.75, 3.05) is 39.4 Å². The van der Waals surface area contributed by atoms with E-state index in [4.69, 9.17) is 17.0 Å². The van der Waals surface area contributed by atoms with Crippen LogP contribution in [0.15, 0.2) is 11.0 Å². The van der Waals surface area contributed by atoms with Gasteiger partial charge in [0, 0.05) is 43.6 Å². The first kappa shape index (κ1) is 18.2. The number of rotatable bonds is 5. The van der Waals surface area contributed by atoms with Crippen LogP contribution in [0.2, 0.25) is 0 Å². The van der Waals surface area contributed by atoms with Crippen LogP contribution in [0.1, 0.15) is 35.8 Å². The maximum absolute atomic E-state index is 12.8. The minimum absolute atomic E-state index is 0.0458. The standard InChI is InChI=1S/C19H25N3O2S2/c1-13-11-15(14(2)22(13)16-3-4-16)12-17-18(23)21(19(25)26-17)6-5-20-7-9-24-10-8-20/h11-12,16H,3-10H2,1-2H3. The third kappa shape index (κ3) is 3.63. The predicted octanol–water partition coefficient (Wildman–Crippen LogP) is 2.97. The van der Waals surface area contributed by atoms with Gasteiger partial charge in [-0.2, -0.15) is 0 Å². The number of carbonyl (C=O) groups excluding carboxylic acids is 1. The molecule has 3 heterocycles. The van der Waals surface area contributed by atoms with E-state index in [1.54, 1.807) is 4.90 Å². The molecule has 7 heteroatoms. The van der Waals surface area contributed by atoms with Crippen molar-refractivity contribution in [2.45, 2.75) is 32.7 Å². The monoisotopic (exact) mass is 391 g/mol. The second kappa shape index (κ2) is 7.46. The molecule has 3 aliphatic rings. The molecule has 1 saturated carbocycles. The number of aryl methyl sites for hydroxylation is 1. The number of nitrogens with zero attached hydrogens (tertiary/aromatic N) is 3. The summed E-state index contributed by atoms with van der Waals surface area (Å²) < 4.78 is 8.46. The van der Waals surface area contributed by atoms with Crippen LogP contribution in [0.3, 0.4) is 0 Å². The molecular weight excluding hydrogens is 366 g/mol. The van der Waals surface area contributed by atoms with E-state index in [1.807, 2.05) is 6.08 Å². The lowest BCUT2D eigenvalue weighted by Crippen LogP contribution is -2.42. The summed E-state index contributed by atoms with van der Waals surface area (Å²) >= 11 is 6.90. The number of ether oxygens (including phenoxy) is 1. The van der Waals surface area contributed by atoms with Crippen molar-refractivity contribution in [1.82, 2.24) is 14.4 Å². The van der Waals surface area contributed by atoms with E-state index in [1.165, 1.54) is 36.0 Å². The van der Waals surface area contributed by atoms with E-state index < -0.39 is 0 Å². The SMILES string of the molecule is Cc1cc(C=C2SC(=S)N(CCN3CCOCC3)C2=O)c(C)n1C1CC1. The van der Waals surface area contributed by atoms with Crippen molar-refractivity contribution >= 4 is 40.3 Å². The maximum atomic E-state index is 12.8. The van der Waals surface area contributed by atoms with Crippen LogP contribution in [0.4, 0.5) is 0 Å². The van der Waals surface area contributed by atoms with Gasteiger partial charge in [-0.15, -0.1) is 0 Å². The van der Waals surface area contributed by atoms with Gasteiger partial charge in [0.1, 0.15) is 4.32 Å². The van der Waals surface area contributed by atoms with Crippen LogP contribution in [-0.2, 0) is 9.53 Å². The van der Waals surface area contributed by atoms with Crippen molar-refractivity contribution in [3.63, 3.8) is 0 Å². The highest BCUT2D eigenvalue weighted by Crippen LogP contribution is 2.39. The Bertz CT molecular complexity index is 761. The molecule has 5 nitrogen and oxygen atoms in total.